The van der Waals surface area contributed by atoms with Gasteiger partial charge in [0.1, 0.15) is 5.82 Å². The number of esters is 1. The first kappa shape index (κ1) is 17.4. The number of nitriles is 1. The highest BCUT2D eigenvalue weighted by Crippen LogP contribution is 2.19. The lowest BCUT2D eigenvalue weighted by molar-refractivity contribution is -0.123. The first-order chi connectivity index (χ1) is 11.4. The summed E-state index contributed by atoms with van der Waals surface area (Å²) < 4.78 is 18.0. The van der Waals surface area contributed by atoms with Crippen LogP contribution in [0.4, 0.5) is 10.1 Å². The van der Waals surface area contributed by atoms with Crippen molar-refractivity contribution in [1.82, 2.24) is 0 Å². The lowest BCUT2D eigenvalue weighted by atomic mass is 10.2. The summed E-state index contributed by atoms with van der Waals surface area (Å²) in [4.78, 5) is 24.0. The molecule has 24 heavy (non-hydrogen) atoms. The highest BCUT2D eigenvalue weighted by molar-refractivity contribution is 6.33. The second-order valence-corrected chi connectivity index (χ2v) is 5.26. The Morgan fingerprint density at radius 3 is 2.71 bits per heavy atom. The van der Waals surface area contributed by atoms with E-state index in [0.29, 0.717) is 11.3 Å². The molecule has 2 aromatic carbocycles. The minimum absolute atomic E-state index is 0.0378. The lowest BCUT2D eigenvalue weighted by Gasteiger charge is -2.14. The molecule has 0 aliphatic heterocycles. The molecule has 1 N–H and O–H groups in total. The number of halogens is 2. The maximum absolute atomic E-state index is 13.0. The maximum Gasteiger partial charge on any atom is 0.340 e. The average molecular weight is 347 g/mol. The van der Waals surface area contributed by atoms with Crippen LogP contribution in [0.25, 0.3) is 0 Å². The molecule has 0 aliphatic rings. The molecule has 7 heteroatoms. The van der Waals surface area contributed by atoms with Crippen molar-refractivity contribution in [1.29, 1.82) is 5.26 Å². The fraction of sp³-hybridized carbons (Fsp3) is 0.118. The van der Waals surface area contributed by atoms with Crippen LogP contribution in [0.2, 0.25) is 5.02 Å². The van der Waals surface area contributed by atoms with Crippen molar-refractivity contribution >= 4 is 29.2 Å². The average Bonchev–Trinajstić information content (AvgIpc) is 2.54. The molecular formula is C17H12ClFN2O3. The summed E-state index contributed by atoms with van der Waals surface area (Å²) in [6.45, 7) is 1.39. The number of hydrogen-bond acceptors (Lipinski definition) is 4. The van der Waals surface area contributed by atoms with Crippen molar-refractivity contribution in [3.8, 4) is 6.07 Å². The number of amides is 1. The van der Waals surface area contributed by atoms with E-state index in [2.05, 4.69) is 5.32 Å². The molecule has 0 spiro atoms. The molecule has 0 saturated carbocycles. The minimum Gasteiger partial charge on any atom is -0.449 e. The van der Waals surface area contributed by atoms with Crippen LogP contribution in [-0.4, -0.2) is 18.0 Å². The van der Waals surface area contributed by atoms with Gasteiger partial charge < -0.3 is 10.1 Å². The van der Waals surface area contributed by atoms with Gasteiger partial charge in [-0.3, -0.25) is 4.79 Å². The molecule has 2 aromatic rings. The molecule has 0 heterocycles. The monoisotopic (exact) mass is 346 g/mol. The predicted molar refractivity (Wildman–Crippen MR) is 86.1 cm³/mol. The third-order valence-electron chi connectivity index (χ3n) is 3.06. The fourth-order valence-electron chi connectivity index (χ4n) is 1.84. The number of ether oxygens (including phenoxy) is 1. The third-order valence-corrected chi connectivity index (χ3v) is 3.38. The van der Waals surface area contributed by atoms with Gasteiger partial charge in [0, 0.05) is 5.69 Å². The van der Waals surface area contributed by atoms with Crippen LogP contribution in [0.3, 0.4) is 0 Å². The Bertz CT molecular complexity index is 833. The van der Waals surface area contributed by atoms with Crippen molar-refractivity contribution in [2.24, 2.45) is 0 Å². The largest absolute Gasteiger partial charge is 0.449 e. The van der Waals surface area contributed by atoms with Crippen LogP contribution < -0.4 is 5.32 Å². The fourth-order valence-corrected chi connectivity index (χ4v) is 2.09. The summed E-state index contributed by atoms with van der Waals surface area (Å²) in [5, 5.41) is 11.3. The summed E-state index contributed by atoms with van der Waals surface area (Å²) in [6.07, 6.45) is -1.11. The van der Waals surface area contributed by atoms with E-state index in [0.717, 1.165) is 12.1 Å². The van der Waals surface area contributed by atoms with Gasteiger partial charge in [-0.15, -0.1) is 0 Å². The second kappa shape index (κ2) is 7.57. The van der Waals surface area contributed by atoms with Gasteiger partial charge in [0.25, 0.3) is 5.91 Å². The van der Waals surface area contributed by atoms with Crippen molar-refractivity contribution in [3.05, 3.63) is 64.4 Å². The number of benzene rings is 2. The molecule has 0 aliphatic carbocycles. The number of hydrogen-bond donors (Lipinski definition) is 1. The molecule has 0 radical (unpaired) electrons. The highest BCUT2D eigenvalue weighted by Gasteiger charge is 2.21. The van der Waals surface area contributed by atoms with Crippen molar-refractivity contribution < 1.29 is 18.7 Å². The third kappa shape index (κ3) is 4.31. The molecule has 5 nitrogen and oxygen atoms in total. The Morgan fingerprint density at radius 2 is 2.04 bits per heavy atom. The minimum atomic E-state index is -1.11. The van der Waals surface area contributed by atoms with Gasteiger partial charge in [0.05, 0.1) is 22.2 Å². The smallest absolute Gasteiger partial charge is 0.340 e. The van der Waals surface area contributed by atoms with Crippen LogP contribution in [-0.2, 0) is 9.53 Å². The number of anilines is 1. The standard InChI is InChI=1S/C17H12ClFN2O3/c1-10(16(22)21-13-4-2-3-11(7-13)9-20)24-17(23)14-6-5-12(19)8-15(14)18/h2-8,10H,1H3,(H,21,22)/t10-/m0/s1. The summed E-state index contributed by atoms with van der Waals surface area (Å²) in [6, 6.07) is 11.5. The molecule has 122 valence electrons. The van der Waals surface area contributed by atoms with E-state index >= 15 is 0 Å². The molecule has 2 rings (SSSR count). The van der Waals surface area contributed by atoms with E-state index in [9.17, 15) is 14.0 Å². The van der Waals surface area contributed by atoms with Crippen LogP contribution in [0.1, 0.15) is 22.8 Å². The number of rotatable bonds is 4. The van der Waals surface area contributed by atoms with E-state index < -0.39 is 23.8 Å². The van der Waals surface area contributed by atoms with Crippen LogP contribution in [0.15, 0.2) is 42.5 Å². The number of nitrogens with zero attached hydrogens (tertiary/aromatic N) is 1. The van der Waals surface area contributed by atoms with E-state index in [1.54, 1.807) is 18.2 Å². The van der Waals surface area contributed by atoms with Gasteiger partial charge in [0.2, 0.25) is 0 Å². The van der Waals surface area contributed by atoms with E-state index in [1.165, 1.54) is 19.1 Å². The highest BCUT2D eigenvalue weighted by atomic mass is 35.5. The lowest BCUT2D eigenvalue weighted by Crippen LogP contribution is -2.30. The van der Waals surface area contributed by atoms with Crippen molar-refractivity contribution in [2.45, 2.75) is 13.0 Å². The van der Waals surface area contributed by atoms with Crippen molar-refractivity contribution in [3.63, 3.8) is 0 Å². The Hall–Kier alpha value is -2.91. The van der Waals surface area contributed by atoms with Crippen LogP contribution in [0.5, 0.6) is 0 Å². The zero-order chi connectivity index (χ0) is 17.7. The molecule has 0 saturated heterocycles. The van der Waals surface area contributed by atoms with E-state index in [-0.39, 0.29) is 10.6 Å². The number of carbonyl (C=O) groups excluding carboxylic acids is 2. The Morgan fingerprint density at radius 1 is 1.29 bits per heavy atom. The van der Waals surface area contributed by atoms with Gasteiger partial charge in [0.15, 0.2) is 6.10 Å². The molecule has 0 unspecified atom stereocenters. The molecule has 1 amide bonds. The Labute approximate surface area is 142 Å². The zero-order valence-electron chi connectivity index (χ0n) is 12.5. The SMILES string of the molecule is C[C@H](OC(=O)c1ccc(F)cc1Cl)C(=O)Nc1cccc(C#N)c1. The van der Waals surface area contributed by atoms with Gasteiger partial charge in [-0.2, -0.15) is 5.26 Å². The first-order valence-electron chi connectivity index (χ1n) is 6.88. The number of nitrogens with one attached hydrogen (secondary N) is 1. The van der Waals surface area contributed by atoms with Gasteiger partial charge in [-0.1, -0.05) is 17.7 Å². The van der Waals surface area contributed by atoms with E-state index in [1.807, 2.05) is 6.07 Å². The summed E-state index contributed by atoms with van der Waals surface area (Å²) >= 11 is 5.78. The van der Waals surface area contributed by atoms with Gasteiger partial charge in [-0.05, 0) is 43.3 Å². The maximum atomic E-state index is 13.0. The molecule has 0 bridgehead atoms. The Balaban J connectivity index is 2.03. The number of carbonyl (C=O) groups is 2. The topological polar surface area (TPSA) is 79.2 Å². The normalized spacial score (nSPS) is 11.2. The summed E-state index contributed by atoms with van der Waals surface area (Å²) in [5.74, 6) is -2.00. The Kier molecular flexibility index (Phi) is 5.51. The van der Waals surface area contributed by atoms with Gasteiger partial charge >= 0.3 is 5.97 Å². The molecule has 1 atom stereocenters. The predicted octanol–water partition coefficient (Wildman–Crippen LogP) is 3.53. The first-order valence-corrected chi connectivity index (χ1v) is 7.25. The molecule has 0 aromatic heterocycles. The summed E-state index contributed by atoms with van der Waals surface area (Å²) in [5.41, 5.74) is 0.751. The van der Waals surface area contributed by atoms with E-state index in [4.69, 9.17) is 21.6 Å². The molecular weight excluding hydrogens is 335 g/mol. The van der Waals surface area contributed by atoms with Crippen LogP contribution >= 0.6 is 11.6 Å². The zero-order valence-corrected chi connectivity index (χ0v) is 13.3. The summed E-state index contributed by atoms with van der Waals surface area (Å²) in [7, 11) is 0. The van der Waals surface area contributed by atoms with Gasteiger partial charge in [-0.25, -0.2) is 9.18 Å². The van der Waals surface area contributed by atoms with Crippen molar-refractivity contribution in [2.75, 3.05) is 5.32 Å². The quantitative estimate of drug-likeness (QED) is 0.859. The molecule has 0 fully saturated rings. The second-order valence-electron chi connectivity index (χ2n) is 4.85. The van der Waals surface area contributed by atoms with Crippen LogP contribution in [0, 0.1) is 17.1 Å².